The summed E-state index contributed by atoms with van der Waals surface area (Å²) in [6.45, 7) is 9.26. The predicted molar refractivity (Wildman–Crippen MR) is 61.6 cm³/mol. The molecule has 0 aromatic rings. The smallest absolute Gasteiger partial charge is 0.0257 e. The van der Waals surface area contributed by atoms with Gasteiger partial charge in [-0.2, -0.15) is 0 Å². The van der Waals surface area contributed by atoms with Gasteiger partial charge in [-0.1, -0.05) is 13.8 Å². The molecule has 1 fully saturated rings. The number of terminal acetylenes is 1. The fraction of sp³-hybridized carbons (Fsp3) is 0.818. The van der Waals surface area contributed by atoms with Crippen molar-refractivity contribution in [2.75, 3.05) is 32.7 Å². The molecule has 0 saturated carbocycles. The summed E-state index contributed by atoms with van der Waals surface area (Å²) in [5, 5.41) is 1.87. The molecular formula is C11H23N3. The minimum Gasteiger partial charge on any atom is -0.301 e. The summed E-state index contributed by atoms with van der Waals surface area (Å²) in [4.78, 5) is 2.42. The number of hydrogen-bond acceptors (Lipinski definition) is 3. The molecule has 0 atom stereocenters. The molecule has 2 N–H and O–H groups in total. The fourth-order valence-corrected chi connectivity index (χ4v) is 1.39. The van der Waals surface area contributed by atoms with E-state index >= 15 is 0 Å². The van der Waals surface area contributed by atoms with Gasteiger partial charge in [-0.05, 0) is 13.0 Å². The number of unbranched alkanes of at least 4 members (excludes halogenated alkanes) is 1. The van der Waals surface area contributed by atoms with Crippen LogP contribution in [0.4, 0.5) is 0 Å². The Morgan fingerprint density at radius 1 is 1.21 bits per heavy atom. The van der Waals surface area contributed by atoms with E-state index in [1.807, 2.05) is 18.9 Å². The molecular weight excluding hydrogens is 174 g/mol. The molecule has 1 heterocycles. The normalized spacial score (nSPS) is 18.1. The quantitative estimate of drug-likeness (QED) is 0.415. The van der Waals surface area contributed by atoms with Crippen LogP contribution in [0.15, 0.2) is 0 Å². The van der Waals surface area contributed by atoms with Gasteiger partial charge in [0.1, 0.15) is 0 Å². The van der Waals surface area contributed by atoms with E-state index in [9.17, 15) is 0 Å². The van der Waals surface area contributed by atoms with Crippen LogP contribution in [0.1, 0.15) is 26.7 Å². The number of piperazine rings is 1. The summed E-state index contributed by atoms with van der Waals surface area (Å²) in [6, 6.07) is 0. The van der Waals surface area contributed by atoms with Crippen molar-refractivity contribution in [2.24, 2.45) is 5.84 Å². The van der Waals surface area contributed by atoms with Crippen molar-refractivity contribution >= 4 is 0 Å². The summed E-state index contributed by atoms with van der Waals surface area (Å²) in [5.74, 6) is 8.28. The van der Waals surface area contributed by atoms with Crippen molar-refractivity contribution < 1.29 is 0 Å². The second-order valence-electron chi connectivity index (χ2n) is 3.19. The van der Waals surface area contributed by atoms with Crippen molar-refractivity contribution in [3.63, 3.8) is 0 Å². The first-order valence-corrected chi connectivity index (χ1v) is 5.48. The Labute approximate surface area is 88.2 Å². The van der Waals surface area contributed by atoms with Gasteiger partial charge in [0.15, 0.2) is 0 Å². The highest BCUT2D eigenvalue weighted by Gasteiger charge is 2.12. The zero-order valence-corrected chi connectivity index (χ0v) is 9.50. The Hall–Kier alpha value is -0.560. The van der Waals surface area contributed by atoms with Crippen molar-refractivity contribution in [3.8, 4) is 12.3 Å². The van der Waals surface area contributed by atoms with Crippen molar-refractivity contribution in [1.29, 1.82) is 0 Å². The molecule has 0 bridgehead atoms. The standard InChI is InChI=1S/C9H17N3.C2H6/c1-2-3-4-5-11-6-8-12(10)9-7-11;1-2/h1H,3-10H2;1-2H3. The third-order valence-electron chi connectivity index (χ3n) is 2.20. The summed E-state index contributed by atoms with van der Waals surface area (Å²) in [6.07, 6.45) is 7.17. The minimum atomic E-state index is 0.892. The van der Waals surface area contributed by atoms with Crippen molar-refractivity contribution in [2.45, 2.75) is 26.7 Å². The monoisotopic (exact) mass is 197 g/mol. The van der Waals surface area contributed by atoms with E-state index in [-0.39, 0.29) is 0 Å². The van der Waals surface area contributed by atoms with Crippen LogP contribution in [-0.4, -0.2) is 42.6 Å². The van der Waals surface area contributed by atoms with Crippen LogP contribution in [0, 0.1) is 12.3 Å². The van der Waals surface area contributed by atoms with E-state index in [2.05, 4.69) is 10.8 Å². The zero-order valence-electron chi connectivity index (χ0n) is 9.50. The molecule has 0 amide bonds. The van der Waals surface area contributed by atoms with Gasteiger partial charge in [0.2, 0.25) is 0 Å². The van der Waals surface area contributed by atoms with E-state index in [1.54, 1.807) is 0 Å². The average molecular weight is 197 g/mol. The second-order valence-corrected chi connectivity index (χ2v) is 3.19. The van der Waals surface area contributed by atoms with Gasteiger partial charge in [-0.15, -0.1) is 12.3 Å². The van der Waals surface area contributed by atoms with Crippen LogP contribution < -0.4 is 5.84 Å². The first kappa shape index (κ1) is 13.4. The molecule has 0 aromatic heterocycles. The maximum absolute atomic E-state index is 5.63. The number of hydrazine groups is 1. The molecule has 0 aromatic carbocycles. The van der Waals surface area contributed by atoms with Gasteiger partial charge in [0.05, 0.1) is 0 Å². The average Bonchev–Trinajstić information content (AvgIpc) is 2.24. The molecule has 3 nitrogen and oxygen atoms in total. The topological polar surface area (TPSA) is 32.5 Å². The SMILES string of the molecule is C#CCCCN1CCN(N)CC1.CC. The van der Waals surface area contributed by atoms with E-state index in [0.717, 1.165) is 45.6 Å². The van der Waals surface area contributed by atoms with Crippen molar-refractivity contribution in [3.05, 3.63) is 0 Å². The van der Waals surface area contributed by atoms with Gasteiger partial charge in [-0.25, -0.2) is 5.01 Å². The number of hydrogen-bond donors (Lipinski definition) is 1. The van der Waals surface area contributed by atoms with Crippen LogP contribution >= 0.6 is 0 Å². The maximum atomic E-state index is 5.63. The van der Waals surface area contributed by atoms with E-state index in [4.69, 9.17) is 12.3 Å². The largest absolute Gasteiger partial charge is 0.301 e. The number of nitrogens with zero attached hydrogens (tertiary/aromatic N) is 2. The maximum Gasteiger partial charge on any atom is 0.0257 e. The van der Waals surface area contributed by atoms with Gasteiger partial charge in [-0.3, -0.25) is 5.84 Å². The Morgan fingerprint density at radius 3 is 2.29 bits per heavy atom. The van der Waals surface area contributed by atoms with E-state index < -0.39 is 0 Å². The van der Waals surface area contributed by atoms with E-state index in [0.29, 0.717) is 0 Å². The third-order valence-corrected chi connectivity index (χ3v) is 2.20. The molecule has 1 rings (SSSR count). The second kappa shape index (κ2) is 9.01. The summed E-state index contributed by atoms with van der Waals surface area (Å²) in [7, 11) is 0. The Balaban J connectivity index is 0.000000791. The molecule has 14 heavy (non-hydrogen) atoms. The van der Waals surface area contributed by atoms with Crippen LogP contribution in [0.25, 0.3) is 0 Å². The third kappa shape index (κ3) is 5.98. The van der Waals surface area contributed by atoms with Gasteiger partial charge >= 0.3 is 0 Å². The highest BCUT2D eigenvalue weighted by atomic mass is 15.4. The lowest BCUT2D eigenvalue weighted by atomic mass is 10.2. The molecule has 0 aliphatic carbocycles. The van der Waals surface area contributed by atoms with Crippen LogP contribution in [0.3, 0.4) is 0 Å². The molecule has 1 aliphatic heterocycles. The van der Waals surface area contributed by atoms with Crippen LogP contribution in [0.5, 0.6) is 0 Å². The molecule has 0 radical (unpaired) electrons. The highest BCUT2D eigenvalue weighted by molar-refractivity contribution is 4.83. The highest BCUT2D eigenvalue weighted by Crippen LogP contribution is 1.99. The molecule has 82 valence electrons. The summed E-state index contributed by atoms with van der Waals surface area (Å²) >= 11 is 0. The van der Waals surface area contributed by atoms with Gasteiger partial charge in [0.25, 0.3) is 0 Å². The molecule has 0 unspecified atom stereocenters. The summed E-state index contributed by atoms with van der Waals surface area (Å²) in [5.41, 5.74) is 0. The lowest BCUT2D eigenvalue weighted by molar-refractivity contribution is 0.133. The summed E-state index contributed by atoms with van der Waals surface area (Å²) < 4.78 is 0. The number of rotatable bonds is 3. The first-order valence-electron chi connectivity index (χ1n) is 5.48. The lowest BCUT2D eigenvalue weighted by Gasteiger charge is -2.31. The van der Waals surface area contributed by atoms with E-state index in [1.165, 1.54) is 0 Å². The molecule has 1 saturated heterocycles. The van der Waals surface area contributed by atoms with Gasteiger partial charge < -0.3 is 4.90 Å². The first-order chi connectivity index (χ1) is 6.83. The molecule has 1 aliphatic rings. The number of nitrogens with two attached hydrogens (primary N) is 1. The fourth-order valence-electron chi connectivity index (χ4n) is 1.39. The minimum absolute atomic E-state index is 0.892. The molecule has 3 heteroatoms. The lowest BCUT2D eigenvalue weighted by Crippen LogP contribution is -2.49. The van der Waals surface area contributed by atoms with Crippen LogP contribution in [-0.2, 0) is 0 Å². The van der Waals surface area contributed by atoms with Gasteiger partial charge in [0, 0.05) is 32.6 Å². The Kier molecular flexibility index (Phi) is 8.65. The molecule has 0 spiro atoms. The van der Waals surface area contributed by atoms with Crippen molar-refractivity contribution in [1.82, 2.24) is 9.91 Å². The zero-order chi connectivity index (χ0) is 10.8. The van der Waals surface area contributed by atoms with Crippen LogP contribution in [0.2, 0.25) is 0 Å². The predicted octanol–water partition coefficient (Wildman–Crippen LogP) is 0.917. The Bertz CT molecular complexity index is 154. The Morgan fingerprint density at radius 2 is 1.79 bits per heavy atom.